The molecular weight excluding hydrogens is 392 g/mol. The van der Waals surface area contributed by atoms with Crippen LogP contribution in [-0.4, -0.2) is 12.1 Å². The summed E-state index contributed by atoms with van der Waals surface area (Å²) in [6, 6.07) is 29.4. The zero-order valence-corrected chi connectivity index (χ0v) is 17.0. The van der Waals surface area contributed by atoms with Crippen molar-refractivity contribution in [2.45, 2.75) is 6.61 Å². The molecule has 4 rings (SSSR count). The molecule has 0 aliphatic heterocycles. The van der Waals surface area contributed by atoms with E-state index in [0.29, 0.717) is 12.2 Å². The summed E-state index contributed by atoms with van der Waals surface area (Å²) in [7, 11) is 0. The lowest BCUT2D eigenvalue weighted by Gasteiger charge is -2.12. The van der Waals surface area contributed by atoms with Gasteiger partial charge < -0.3 is 4.74 Å². The molecule has 3 aromatic carbocycles. The first-order valence-electron chi connectivity index (χ1n) is 9.53. The molecule has 0 radical (unpaired) electrons. The van der Waals surface area contributed by atoms with Gasteiger partial charge in [-0.3, -0.25) is 4.79 Å². The Balaban J connectivity index is 1.37. The highest BCUT2D eigenvalue weighted by Crippen LogP contribution is 2.30. The summed E-state index contributed by atoms with van der Waals surface area (Å²) < 4.78 is 6.06. The average molecular weight is 413 g/mol. The SMILES string of the molecule is O=C(N/N=C\c1cccs1)c1ccc(COc2ccccc2-c2ccccc2)cc1. The molecule has 0 aliphatic rings. The number of hydrazone groups is 1. The molecule has 4 aromatic rings. The summed E-state index contributed by atoms with van der Waals surface area (Å²) in [5.74, 6) is 0.582. The Morgan fingerprint density at radius 3 is 2.43 bits per heavy atom. The van der Waals surface area contributed by atoms with E-state index in [1.54, 1.807) is 29.7 Å². The lowest BCUT2D eigenvalue weighted by Crippen LogP contribution is -2.17. The maximum Gasteiger partial charge on any atom is 0.271 e. The summed E-state index contributed by atoms with van der Waals surface area (Å²) >= 11 is 1.56. The average Bonchev–Trinajstić information content (AvgIpc) is 3.32. The highest BCUT2D eigenvalue weighted by atomic mass is 32.1. The Hall–Kier alpha value is -3.70. The molecule has 0 saturated heterocycles. The van der Waals surface area contributed by atoms with Gasteiger partial charge in [0.1, 0.15) is 12.4 Å². The van der Waals surface area contributed by atoms with Crippen LogP contribution in [-0.2, 0) is 6.61 Å². The van der Waals surface area contributed by atoms with E-state index < -0.39 is 0 Å². The quantitative estimate of drug-likeness (QED) is 0.310. The lowest BCUT2D eigenvalue weighted by atomic mass is 10.0. The highest BCUT2D eigenvalue weighted by molar-refractivity contribution is 7.11. The monoisotopic (exact) mass is 412 g/mol. The van der Waals surface area contributed by atoms with Crippen LogP contribution in [0.5, 0.6) is 5.75 Å². The van der Waals surface area contributed by atoms with Crippen LogP contribution < -0.4 is 10.2 Å². The predicted octanol–water partition coefficient (Wildman–Crippen LogP) is 5.76. The van der Waals surface area contributed by atoms with E-state index in [1.165, 1.54) is 0 Å². The van der Waals surface area contributed by atoms with E-state index in [9.17, 15) is 4.79 Å². The van der Waals surface area contributed by atoms with Crippen molar-refractivity contribution in [1.29, 1.82) is 0 Å². The van der Waals surface area contributed by atoms with Gasteiger partial charge >= 0.3 is 0 Å². The molecule has 30 heavy (non-hydrogen) atoms. The number of ether oxygens (including phenoxy) is 1. The van der Waals surface area contributed by atoms with Crippen LogP contribution in [0.4, 0.5) is 0 Å². The van der Waals surface area contributed by atoms with Crippen LogP contribution in [0.25, 0.3) is 11.1 Å². The molecule has 0 fully saturated rings. The molecule has 148 valence electrons. The summed E-state index contributed by atoms with van der Waals surface area (Å²) in [4.78, 5) is 13.2. The molecule has 0 unspecified atom stereocenters. The molecule has 5 heteroatoms. The van der Waals surface area contributed by atoms with Gasteiger partial charge in [-0.25, -0.2) is 5.43 Å². The third kappa shape index (κ3) is 5.01. The first kappa shape index (κ1) is 19.6. The van der Waals surface area contributed by atoms with Crippen LogP contribution >= 0.6 is 11.3 Å². The van der Waals surface area contributed by atoms with Crippen LogP contribution in [0.1, 0.15) is 20.8 Å². The van der Waals surface area contributed by atoms with Crippen molar-refractivity contribution < 1.29 is 9.53 Å². The Kier molecular flexibility index (Phi) is 6.32. The summed E-state index contributed by atoms with van der Waals surface area (Å²) in [5, 5.41) is 5.95. The van der Waals surface area contributed by atoms with Gasteiger partial charge in [0, 0.05) is 16.0 Å². The Morgan fingerprint density at radius 1 is 0.900 bits per heavy atom. The van der Waals surface area contributed by atoms with Gasteiger partial charge in [-0.05, 0) is 40.8 Å². The number of carbonyl (C=O) groups is 1. The molecule has 0 bridgehead atoms. The van der Waals surface area contributed by atoms with Crippen molar-refractivity contribution in [2.24, 2.45) is 5.10 Å². The van der Waals surface area contributed by atoms with Gasteiger partial charge in [-0.1, -0.05) is 66.7 Å². The van der Waals surface area contributed by atoms with E-state index in [2.05, 4.69) is 28.7 Å². The fourth-order valence-corrected chi connectivity index (χ4v) is 3.53. The smallest absolute Gasteiger partial charge is 0.271 e. The zero-order valence-electron chi connectivity index (χ0n) is 16.2. The third-order valence-corrected chi connectivity index (χ3v) is 5.29. The molecule has 1 heterocycles. The van der Waals surface area contributed by atoms with Crippen LogP contribution in [0.15, 0.2) is 101 Å². The van der Waals surface area contributed by atoms with Crippen LogP contribution in [0.2, 0.25) is 0 Å². The second-order valence-corrected chi connectivity index (χ2v) is 7.54. The van der Waals surface area contributed by atoms with Gasteiger partial charge in [0.05, 0.1) is 6.21 Å². The number of carbonyl (C=O) groups excluding carboxylic acids is 1. The number of nitrogens with one attached hydrogen (secondary N) is 1. The zero-order chi connectivity index (χ0) is 20.6. The van der Waals surface area contributed by atoms with Gasteiger partial charge in [0.2, 0.25) is 0 Å². The van der Waals surface area contributed by atoms with Crippen molar-refractivity contribution in [3.63, 3.8) is 0 Å². The number of para-hydroxylation sites is 1. The number of nitrogens with zero attached hydrogens (tertiary/aromatic N) is 1. The van der Waals surface area contributed by atoms with Gasteiger partial charge in [-0.2, -0.15) is 5.10 Å². The standard InChI is InChI=1S/C25H20N2O2S/c28-25(27-26-17-22-9-6-16-30-22)21-14-12-19(13-15-21)18-29-24-11-5-4-10-23(24)20-7-2-1-3-8-20/h1-17H,18H2,(H,27,28)/b26-17-. The number of amides is 1. The molecule has 1 N–H and O–H groups in total. The molecule has 0 aliphatic carbocycles. The summed E-state index contributed by atoms with van der Waals surface area (Å²) in [6.45, 7) is 0.419. The van der Waals surface area contributed by atoms with Crippen LogP contribution in [0, 0.1) is 0 Å². The van der Waals surface area contributed by atoms with Gasteiger partial charge in [0.15, 0.2) is 0 Å². The number of hydrogen-bond donors (Lipinski definition) is 1. The molecule has 0 spiro atoms. The number of hydrogen-bond acceptors (Lipinski definition) is 4. The van der Waals surface area contributed by atoms with E-state index >= 15 is 0 Å². The van der Waals surface area contributed by atoms with E-state index in [4.69, 9.17) is 4.74 Å². The highest BCUT2D eigenvalue weighted by Gasteiger charge is 2.07. The maximum atomic E-state index is 12.2. The van der Waals surface area contributed by atoms with Gasteiger partial charge in [-0.15, -0.1) is 11.3 Å². The minimum atomic E-state index is -0.246. The number of benzene rings is 3. The first-order valence-corrected chi connectivity index (χ1v) is 10.4. The number of thiophene rings is 1. The van der Waals surface area contributed by atoms with Crippen molar-refractivity contribution >= 4 is 23.5 Å². The fraction of sp³-hybridized carbons (Fsp3) is 0.0400. The van der Waals surface area contributed by atoms with Crippen molar-refractivity contribution in [1.82, 2.24) is 5.43 Å². The van der Waals surface area contributed by atoms with E-state index in [-0.39, 0.29) is 5.91 Å². The topological polar surface area (TPSA) is 50.7 Å². The van der Waals surface area contributed by atoms with Crippen LogP contribution in [0.3, 0.4) is 0 Å². The molecule has 4 nitrogen and oxygen atoms in total. The van der Waals surface area contributed by atoms with Crippen molar-refractivity contribution in [3.05, 3.63) is 112 Å². The molecule has 1 aromatic heterocycles. The normalized spacial score (nSPS) is 10.8. The summed E-state index contributed by atoms with van der Waals surface area (Å²) in [5.41, 5.74) is 6.24. The minimum absolute atomic E-state index is 0.246. The second kappa shape index (κ2) is 9.67. The molecule has 0 saturated carbocycles. The number of rotatable bonds is 7. The molecule has 1 amide bonds. The minimum Gasteiger partial charge on any atom is -0.488 e. The van der Waals surface area contributed by atoms with E-state index in [1.807, 2.05) is 66.0 Å². The van der Waals surface area contributed by atoms with E-state index in [0.717, 1.165) is 27.3 Å². The maximum absolute atomic E-state index is 12.2. The Labute approximate surface area is 179 Å². The van der Waals surface area contributed by atoms with Gasteiger partial charge in [0.25, 0.3) is 5.91 Å². The Morgan fingerprint density at radius 2 is 1.67 bits per heavy atom. The third-order valence-electron chi connectivity index (χ3n) is 4.48. The fourth-order valence-electron chi connectivity index (χ4n) is 2.95. The Bertz CT molecular complexity index is 1120. The lowest BCUT2D eigenvalue weighted by molar-refractivity contribution is 0.0955. The second-order valence-electron chi connectivity index (χ2n) is 6.56. The van der Waals surface area contributed by atoms with Crippen molar-refractivity contribution in [3.8, 4) is 16.9 Å². The summed E-state index contributed by atoms with van der Waals surface area (Å²) in [6.07, 6.45) is 1.63. The molecular formula is C25H20N2O2S. The van der Waals surface area contributed by atoms with Crippen molar-refractivity contribution in [2.75, 3.05) is 0 Å². The molecule has 0 atom stereocenters. The predicted molar refractivity (Wildman–Crippen MR) is 122 cm³/mol. The first-order chi connectivity index (χ1) is 14.8. The largest absolute Gasteiger partial charge is 0.488 e.